The topological polar surface area (TPSA) is 88.9 Å². The van der Waals surface area contributed by atoms with E-state index in [2.05, 4.69) is 38.9 Å². The van der Waals surface area contributed by atoms with Gasteiger partial charge in [-0.05, 0) is 49.5 Å². The van der Waals surface area contributed by atoms with Gasteiger partial charge in [0.1, 0.15) is 5.69 Å². The molecule has 28 heavy (non-hydrogen) atoms. The highest BCUT2D eigenvalue weighted by Gasteiger charge is 2.23. The van der Waals surface area contributed by atoms with Crippen LogP contribution < -0.4 is 10.6 Å². The molecule has 3 rings (SSSR count). The molecule has 0 fully saturated rings. The number of hydrogen-bond acceptors (Lipinski definition) is 4. The largest absolute Gasteiger partial charge is 0.354 e. The molecule has 2 aromatic rings. The lowest BCUT2D eigenvalue weighted by molar-refractivity contribution is 0.0938. The Morgan fingerprint density at radius 2 is 2.00 bits per heavy atom. The first-order valence-electron chi connectivity index (χ1n) is 9.45. The molecule has 2 heterocycles. The Kier molecular flexibility index (Phi) is 6.37. The minimum atomic E-state index is -0.315. The minimum absolute atomic E-state index is 0.143. The summed E-state index contributed by atoms with van der Waals surface area (Å²) in [4.78, 5) is 28.9. The number of hydrogen-bond donors (Lipinski definition) is 2. The average molecular weight is 379 g/mol. The summed E-state index contributed by atoms with van der Waals surface area (Å²) in [7, 11) is 1.55. The maximum atomic E-state index is 12.8. The predicted octanol–water partition coefficient (Wildman–Crippen LogP) is 2.45. The molecule has 0 aliphatic heterocycles. The van der Waals surface area contributed by atoms with E-state index in [1.165, 1.54) is 0 Å². The lowest BCUT2D eigenvalue weighted by Gasteiger charge is -2.18. The van der Waals surface area contributed by atoms with Crippen molar-refractivity contribution in [3.8, 4) is 0 Å². The van der Waals surface area contributed by atoms with Crippen molar-refractivity contribution >= 4 is 11.8 Å². The summed E-state index contributed by atoms with van der Waals surface area (Å²) >= 11 is 0. The molecule has 146 valence electrons. The van der Waals surface area contributed by atoms with Gasteiger partial charge in [0, 0.05) is 32.1 Å². The smallest absolute Gasteiger partial charge is 0.271 e. The normalized spacial score (nSPS) is 14.3. The summed E-state index contributed by atoms with van der Waals surface area (Å²) in [5.41, 5.74) is 2.79. The fourth-order valence-corrected chi connectivity index (χ4v) is 3.14. The predicted molar refractivity (Wildman–Crippen MR) is 107 cm³/mol. The van der Waals surface area contributed by atoms with Crippen LogP contribution in [-0.4, -0.2) is 40.2 Å². The van der Waals surface area contributed by atoms with Gasteiger partial charge in [-0.1, -0.05) is 18.2 Å². The van der Waals surface area contributed by atoms with E-state index in [1.807, 2.05) is 19.1 Å². The van der Waals surface area contributed by atoms with Crippen LogP contribution in [0.4, 0.5) is 0 Å². The maximum Gasteiger partial charge on any atom is 0.271 e. The molecule has 7 heteroatoms. The third-order valence-electron chi connectivity index (χ3n) is 4.75. The van der Waals surface area contributed by atoms with Crippen LogP contribution in [0.1, 0.15) is 52.3 Å². The van der Waals surface area contributed by atoms with Crippen LogP contribution in [0.2, 0.25) is 0 Å². The summed E-state index contributed by atoms with van der Waals surface area (Å²) in [5.74, 6) is -0.561. The molecule has 7 nitrogen and oxygen atoms in total. The molecule has 0 saturated heterocycles. The molecule has 1 aliphatic rings. The SMILES string of the molecule is CNC(=O)c1cc(C(=O)NCCc2ccncc2)n([C@@H](C)C2=CCCC=C2)n1. The minimum Gasteiger partial charge on any atom is -0.354 e. The van der Waals surface area contributed by atoms with Gasteiger partial charge in [-0.2, -0.15) is 5.10 Å². The van der Waals surface area contributed by atoms with Gasteiger partial charge < -0.3 is 10.6 Å². The van der Waals surface area contributed by atoms with Crippen LogP contribution in [0, 0.1) is 0 Å². The zero-order valence-electron chi connectivity index (χ0n) is 16.2. The van der Waals surface area contributed by atoms with Crippen molar-refractivity contribution in [2.24, 2.45) is 0 Å². The first-order chi connectivity index (χ1) is 13.6. The molecular weight excluding hydrogens is 354 g/mol. The standard InChI is InChI=1S/C21H25N5O2/c1-15(17-6-4-3-5-7-17)26-19(14-18(25-26)20(27)22-2)21(28)24-13-10-16-8-11-23-12-9-16/h4,6-9,11-12,14-15H,3,5,10,13H2,1-2H3,(H,22,27)(H,24,28)/t15-/m0/s1. The van der Waals surface area contributed by atoms with E-state index in [1.54, 1.807) is 30.2 Å². The summed E-state index contributed by atoms with van der Waals surface area (Å²) < 4.78 is 1.63. The van der Waals surface area contributed by atoms with Gasteiger partial charge in [-0.15, -0.1) is 0 Å². The van der Waals surface area contributed by atoms with Crippen LogP contribution in [-0.2, 0) is 6.42 Å². The van der Waals surface area contributed by atoms with Gasteiger partial charge in [0.15, 0.2) is 5.69 Å². The third kappa shape index (κ3) is 4.54. The van der Waals surface area contributed by atoms with Gasteiger partial charge in [0.2, 0.25) is 0 Å². The second kappa shape index (κ2) is 9.12. The monoisotopic (exact) mass is 379 g/mol. The Balaban J connectivity index is 1.78. The Morgan fingerprint density at radius 3 is 2.68 bits per heavy atom. The van der Waals surface area contributed by atoms with E-state index in [9.17, 15) is 9.59 Å². The van der Waals surface area contributed by atoms with Gasteiger partial charge in [0.05, 0.1) is 6.04 Å². The second-order valence-corrected chi connectivity index (χ2v) is 6.66. The Morgan fingerprint density at radius 1 is 1.21 bits per heavy atom. The molecule has 2 amide bonds. The molecule has 0 saturated carbocycles. The van der Waals surface area contributed by atoms with Crippen molar-refractivity contribution in [3.63, 3.8) is 0 Å². The number of carbonyl (C=O) groups is 2. The zero-order chi connectivity index (χ0) is 19.9. The van der Waals surface area contributed by atoms with Crippen molar-refractivity contribution in [1.82, 2.24) is 25.4 Å². The molecule has 0 radical (unpaired) electrons. The number of nitrogens with zero attached hydrogens (tertiary/aromatic N) is 3. The molecule has 0 bridgehead atoms. The van der Waals surface area contributed by atoms with Crippen LogP contribution in [0.15, 0.2) is 54.4 Å². The Bertz CT molecular complexity index is 899. The lowest BCUT2D eigenvalue weighted by atomic mass is 10.0. The van der Waals surface area contributed by atoms with Gasteiger partial charge in [-0.25, -0.2) is 0 Å². The summed E-state index contributed by atoms with van der Waals surface area (Å²) in [6.45, 7) is 2.47. The van der Waals surface area contributed by atoms with E-state index in [-0.39, 0.29) is 23.6 Å². The van der Waals surface area contributed by atoms with Crippen LogP contribution >= 0.6 is 0 Å². The summed E-state index contributed by atoms with van der Waals surface area (Å²) in [6, 6.07) is 5.24. The molecule has 2 N–H and O–H groups in total. The van der Waals surface area contributed by atoms with Gasteiger partial charge in [-0.3, -0.25) is 19.3 Å². The van der Waals surface area contributed by atoms with E-state index < -0.39 is 0 Å². The summed E-state index contributed by atoms with van der Waals surface area (Å²) in [5, 5.41) is 9.89. The van der Waals surface area contributed by atoms with Crippen LogP contribution in [0.5, 0.6) is 0 Å². The van der Waals surface area contributed by atoms with Crippen molar-refractivity contribution in [2.45, 2.75) is 32.2 Å². The van der Waals surface area contributed by atoms with Gasteiger partial charge >= 0.3 is 0 Å². The quantitative estimate of drug-likeness (QED) is 0.773. The number of allylic oxidation sites excluding steroid dienone is 4. The van der Waals surface area contributed by atoms with E-state index in [0.29, 0.717) is 18.7 Å². The molecule has 2 aromatic heterocycles. The van der Waals surface area contributed by atoms with Crippen molar-refractivity contribution in [3.05, 3.63) is 71.3 Å². The average Bonchev–Trinajstić information content (AvgIpc) is 3.19. The van der Waals surface area contributed by atoms with Crippen LogP contribution in [0.25, 0.3) is 0 Å². The molecule has 1 atom stereocenters. The number of carbonyl (C=O) groups excluding carboxylic acids is 2. The Labute approximate surface area is 164 Å². The second-order valence-electron chi connectivity index (χ2n) is 6.66. The number of rotatable bonds is 7. The van der Waals surface area contributed by atoms with Crippen LogP contribution in [0.3, 0.4) is 0 Å². The van der Waals surface area contributed by atoms with Crippen molar-refractivity contribution in [1.29, 1.82) is 0 Å². The fraction of sp³-hybridized carbons (Fsp3) is 0.333. The summed E-state index contributed by atoms with van der Waals surface area (Å²) in [6.07, 6.45) is 12.5. The Hall–Kier alpha value is -3.22. The zero-order valence-corrected chi connectivity index (χ0v) is 16.2. The first kappa shape index (κ1) is 19.5. The highest BCUT2D eigenvalue weighted by atomic mass is 16.2. The molecule has 0 spiro atoms. The number of aromatic nitrogens is 3. The molecule has 0 unspecified atom stereocenters. The van der Waals surface area contributed by atoms with Crippen molar-refractivity contribution in [2.75, 3.05) is 13.6 Å². The first-order valence-corrected chi connectivity index (χ1v) is 9.45. The highest BCUT2D eigenvalue weighted by molar-refractivity contribution is 5.97. The molecule has 0 aromatic carbocycles. The third-order valence-corrected chi connectivity index (χ3v) is 4.75. The van der Waals surface area contributed by atoms with E-state index >= 15 is 0 Å². The maximum absolute atomic E-state index is 12.8. The molecular formula is C21H25N5O2. The van der Waals surface area contributed by atoms with Crippen molar-refractivity contribution < 1.29 is 9.59 Å². The fourth-order valence-electron chi connectivity index (χ4n) is 3.14. The van der Waals surface area contributed by atoms with E-state index in [0.717, 1.165) is 24.0 Å². The van der Waals surface area contributed by atoms with E-state index in [4.69, 9.17) is 0 Å². The lowest BCUT2D eigenvalue weighted by Crippen LogP contribution is -2.29. The molecule has 1 aliphatic carbocycles. The number of pyridine rings is 1. The number of nitrogens with one attached hydrogen (secondary N) is 2. The van der Waals surface area contributed by atoms with Gasteiger partial charge in [0.25, 0.3) is 11.8 Å². The highest BCUT2D eigenvalue weighted by Crippen LogP contribution is 2.24. The number of amides is 2.